The monoisotopic (exact) mass is 946 g/mol. The maximum absolute atomic E-state index is 14.5. The SMILES string of the molecule is CC(=O)c1cc(-c2ncc(F)c(Cl)n2)nn1Cc1ccccc1F.CC(=O)c1cc(-c2ncc(F)c(N[C@@H]3CCCC[C@H]3C(=O)O)n2)nn1Cc1ccccc1F.N[C@@H]1CCCC[C@H]1C(=O)O. The summed E-state index contributed by atoms with van der Waals surface area (Å²) in [5.41, 5.74) is 7.30. The number of nitrogens with zero attached hydrogens (tertiary/aromatic N) is 8. The molecule has 0 radical (unpaired) electrons. The lowest BCUT2D eigenvalue weighted by Crippen LogP contribution is -2.37. The zero-order valence-electron chi connectivity index (χ0n) is 36.4. The first-order chi connectivity index (χ1) is 32.0. The van der Waals surface area contributed by atoms with Gasteiger partial charge >= 0.3 is 11.9 Å². The van der Waals surface area contributed by atoms with E-state index in [1.807, 2.05) is 0 Å². The van der Waals surface area contributed by atoms with Gasteiger partial charge in [0, 0.05) is 37.1 Å². The molecule has 0 bridgehead atoms. The van der Waals surface area contributed by atoms with Gasteiger partial charge in [0.2, 0.25) is 0 Å². The van der Waals surface area contributed by atoms with Gasteiger partial charge in [0.25, 0.3) is 0 Å². The molecule has 2 fully saturated rings. The summed E-state index contributed by atoms with van der Waals surface area (Å²) in [6, 6.07) is 14.8. The average molecular weight is 947 g/mol. The first-order valence-electron chi connectivity index (χ1n) is 21.3. The van der Waals surface area contributed by atoms with Gasteiger partial charge in [0.15, 0.2) is 45.8 Å². The minimum Gasteiger partial charge on any atom is -0.481 e. The van der Waals surface area contributed by atoms with E-state index in [0.717, 1.165) is 50.9 Å². The molecule has 0 unspecified atom stereocenters. The van der Waals surface area contributed by atoms with Crippen LogP contribution in [0.15, 0.2) is 73.1 Å². The number of Topliss-reactive ketones (excluding diaryl/α,β-unsaturated/α-hetero) is 2. The molecule has 2 aliphatic carbocycles. The molecular formula is C46H47ClF4N10O6. The lowest BCUT2D eigenvalue weighted by Gasteiger charge is -2.29. The van der Waals surface area contributed by atoms with Crippen LogP contribution in [0.3, 0.4) is 0 Å². The third-order valence-electron chi connectivity index (χ3n) is 11.3. The lowest BCUT2D eigenvalue weighted by atomic mass is 9.84. The fourth-order valence-corrected chi connectivity index (χ4v) is 7.87. The maximum atomic E-state index is 14.5. The Labute approximate surface area is 386 Å². The molecule has 2 aromatic carbocycles. The minimum atomic E-state index is -0.931. The van der Waals surface area contributed by atoms with Crippen molar-refractivity contribution in [1.29, 1.82) is 0 Å². The van der Waals surface area contributed by atoms with Crippen molar-refractivity contribution in [3.05, 3.63) is 124 Å². The van der Waals surface area contributed by atoms with Gasteiger partial charge in [-0.05, 0) is 49.9 Å². The quantitative estimate of drug-likeness (QED) is 0.0517. The standard InChI is InChI=1S/C23H23F2N5O3.C16H11ClF2N4O.C7H13NO2/c1-13(31)20-10-19(29-30(20)12-14-6-2-4-8-16(14)24)22-26-11-17(25)21(28-22)27-18-9-5-3-7-15(18)23(32)33;1-9(24)14-6-13(16-20-7-12(19)15(17)21-16)22-23(14)8-10-4-2-3-5-11(10)18;8-6-4-2-1-3-5(6)7(9)10/h2,4,6,8,10-11,15,18H,3,5,7,9,12H2,1H3,(H,32,33)(H,26,27,28);2-7H,8H2,1H3;5-6H,1-4,8H2,(H,9,10)/t15-,18-;;5-,6-/m1.1/s1. The topological polar surface area (TPSA) is 234 Å². The first kappa shape index (κ1) is 49.5. The molecule has 0 spiro atoms. The van der Waals surface area contributed by atoms with E-state index < -0.39 is 47.2 Å². The number of ketones is 2. The Kier molecular flexibility index (Phi) is 16.6. The van der Waals surface area contributed by atoms with E-state index in [-0.39, 0.29) is 82.0 Å². The Morgan fingerprint density at radius 2 is 1.13 bits per heavy atom. The first-order valence-corrected chi connectivity index (χ1v) is 21.7. The summed E-state index contributed by atoms with van der Waals surface area (Å²) in [6.07, 6.45) is 8.38. The van der Waals surface area contributed by atoms with E-state index in [0.29, 0.717) is 24.0 Å². The number of benzene rings is 2. The summed E-state index contributed by atoms with van der Waals surface area (Å²) in [5.74, 6) is -5.38. The predicted molar refractivity (Wildman–Crippen MR) is 237 cm³/mol. The molecule has 2 saturated carbocycles. The smallest absolute Gasteiger partial charge is 0.308 e. The highest BCUT2D eigenvalue weighted by Gasteiger charge is 2.32. The van der Waals surface area contributed by atoms with E-state index >= 15 is 0 Å². The summed E-state index contributed by atoms with van der Waals surface area (Å²) < 4.78 is 58.3. The highest BCUT2D eigenvalue weighted by Crippen LogP contribution is 2.29. The molecule has 4 heterocycles. The van der Waals surface area contributed by atoms with Gasteiger partial charge in [0.05, 0.1) is 37.3 Å². The fraction of sp³-hybridized carbons (Fsp3) is 0.348. The summed E-state index contributed by atoms with van der Waals surface area (Å²) >= 11 is 5.65. The van der Waals surface area contributed by atoms with Crippen molar-refractivity contribution < 1.29 is 47.0 Å². The summed E-state index contributed by atoms with van der Waals surface area (Å²) in [5, 5.41) is 29.3. The molecule has 8 rings (SSSR count). The normalized spacial score (nSPS) is 17.9. The molecule has 0 aliphatic heterocycles. The lowest BCUT2D eigenvalue weighted by molar-refractivity contribution is -0.144. The third-order valence-corrected chi connectivity index (χ3v) is 11.5. The second kappa shape index (κ2) is 22.5. The average Bonchev–Trinajstić information content (AvgIpc) is 3.93. The number of nitrogens with one attached hydrogen (secondary N) is 1. The number of rotatable bonds is 12. The van der Waals surface area contributed by atoms with Crippen molar-refractivity contribution in [3.8, 4) is 23.0 Å². The maximum Gasteiger partial charge on any atom is 0.308 e. The van der Waals surface area contributed by atoms with Crippen LogP contribution in [0, 0.1) is 35.1 Å². The van der Waals surface area contributed by atoms with E-state index in [1.54, 1.807) is 36.4 Å². The van der Waals surface area contributed by atoms with Gasteiger partial charge in [0.1, 0.15) is 34.4 Å². The van der Waals surface area contributed by atoms with Crippen LogP contribution < -0.4 is 11.1 Å². The summed E-state index contributed by atoms with van der Waals surface area (Å²) in [4.78, 5) is 61.8. The number of carbonyl (C=O) groups excluding carboxylic acids is 2. The van der Waals surface area contributed by atoms with Crippen molar-refractivity contribution in [2.24, 2.45) is 17.6 Å². The van der Waals surface area contributed by atoms with Crippen molar-refractivity contribution in [1.82, 2.24) is 39.5 Å². The number of nitrogens with two attached hydrogens (primary N) is 1. The summed E-state index contributed by atoms with van der Waals surface area (Å²) in [6.45, 7) is 2.83. The number of hydrogen-bond donors (Lipinski definition) is 4. The van der Waals surface area contributed by atoms with Crippen LogP contribution in [-0.4, -0.2) is 85.3 Å². The predicted octanol–water partition coefficient (Wildman–Crippen LogP) is 8.04. The fourth-order valence-electron chi connectivity index (χ4n) is 7.74. The number of aromatic nitrogens is 8. The van der Waals surface area contributed by atoms with Crippen molar-refractivity contribution in [2.45, 2.75) is 90.4 Å². The Hall–Kier alpha value is -6.93. The molecule has 5 N–H and O–H groups in total. The van der Waals surface area contributed by atoms with Crippen LogP contribution in [0.1, 0.15) is 97.3 Å². The van der Waals surface area contributed by atoms with E-state index in [2.05, 4.69) is 35.5 Å². The molecule has 4 aromatic heterocycles. The van der Waals surface area contributed by atoms with Gasteiger partial charge in [-0.2, -0.15) is 10.2 Å². The van der Waals surface area contributed by atoms with Gasteiger partial charge in [-0.3, -0.25) is 28.5 Å². The zero-order chi connectivity index (χ0) is 48.4. The third kappa shape index (κ3) is 12.7. The number of carbonyl (C=O) groups is 4. The number of halogens is 5. The van der Waals surface area contributed by atoms with Gasteiger partial charge < -0.3 is 21.3 Å². The van der Waals surface area contributed by atoms with Crippen LogP contribution >= 0.6 is 11.6 Å². The number of anilines is 1. The molecule has 4 atom stereocenters. The van der Waals surface area contributed by atoms with Crippen LogP contribution in [-0.2, 0) is 22.7 Å². The molecule has 2 aliphatic rings. The van der Waals surface area contributed by atoms with Crippen molar-refractivity contribution in [2.75, 3.05) is 5.32 Å². The number of aliphatic carboxylic acids is 2. The van der Waals surface area contributed by atoms with Crippen molar-refractivity contribution in [3.63, 3.8) is 0 Å². The van der Waals surface area contributed by atoms with Crippen LogP contribution in [0.4, 0.5) is 23.4 Å². The molecule has 0 saturated heterocycles. The van der Waals surface area contributed by atoms with Crippen LogP contribution in [0.2, 0.25) is 5.15 Å². The molecule has 6 aromatic rings. The molecule has 352 valence electrons. The highest BCUT2D eigenvalue weighted by molar-refractivity contribution is 6.29. The second-order valence-electron chi connectivity index (χ2n) is 16.0. The molecule has 16 nitrogen and oxygen atoms in total. The zero-order valence-corrected chi connectivity index (χ0v) is 37.1. The Balaban J connectivity index is 0.000000189. The minimum absolute atomic E-state index is 0.0241. The molecular weight excluding hydrogens is 900 g/mol. The highest BCUT2D eigenvalue weighted by atomic mass is 35.5. The number of carboxylic acids is 2. The molecule has 0 amide bonds. The largest absolute Gasteiger partial charge is 0.481 e. The Bertz CT molecular complexity index is 2750. The Morgan fingerprint density at radius 3 is 1.60 bits per heavy atom. The van der Waals surface area contributed by atoms with E-state index in [4.69, 9.17) is 22.4 Å². The van der Waals surface area contributed by atoms with Crippen LogP contribution in [0.25, 0.3) is 23.0 Å². The van der Waals surface area contributed by atoms with Gasteiger partial charge in [-0.1, -0.05) is 73.7 Å². The summed E-state index contributed by atoms with van der Waals surface area (Å²) in [7, 11) is 0. The number of carboxylic acid groups (broad SMARTS) is 2. The van der Waals surface area contributed by atoms with Crippen molar-refractivity contribution >= 4 is 40.9 Å². The second-order valence-corrected chi connectivity index (χ2v) is 16.4. The number of hydrogen-bond acceptors (Lipinski definition) is 12. The molecule has 67 heavy (non-hydrogen) atoms. The van der Waals surface area contributed by atoms with Gasteiger partial charge in [-0.25, -0.2) is 37.5 Å². The Morgan fingerprint density at radius 1 is 0.672 bits per heavy atom. The van der Waals surface area contributed by atoms with Gasteiger partial charge in [-0.15, -0.1) is 0 Å². The van der Waals surface area contributed by atoms with Crippen LogP contribution in [0.5, 0.6) is 0 Å². The van der Waals surface area contributed by atoms with E-state index in [9.17, 15) is 41.8 Å². The van der Waals surface area contributed by atoms with E-state index in [1.165, 1.54) is 47.5 Å². The molecule has 21 heteroatoms.